The van der Waals surface area contributed by atoms with Crippen molar-refractivity contribution in [3.8, 4) is 11.5 Å². The topological polar surface area (TPSA) is 76.7 Å². The van der Waals surface area contributed by atoms with E-state index in [0.29, 0.717) is 23.7 Å². The van der Waals surface area contributed by atoms with Gasteiger partial charge in [-0.15, -0.1) is 0 Å². The van der Waals surface area contributed by atoms with Crippen molar-refractivity contribution < 1.29 is 19.1 Å². The first-order valence-corrected chi connectivity index (χ1v) is 7.16. The van der Waals surface area contributed by atoms with Gasteiger partial charge in [0, 0.05) is 24.4 Å². The molecule has 0 aliphatic rings. The SMILES string of the molecule is CCOc1ccc(NC(=O)Nc2cccc(OC(C)=O)c2)cc1. The van der Waals surface area contributed by atoms with Gasteiger partial charge in [-0.1, -0.05) is 6.07 Å². The Kier molecular flexibility index (Phi) is 5.57. The predicted molar refractivity (Wildman–Crippen MR) is 88.0 cm³/mol. The summed E-state index contributed by atoms with van der Waals surface area (Å²) in [6.07, 6.45) is 0. The summed E-state index contributed by atoms with van der Waals surface area (Å²) >= 11 is 0. The lowest BCUT2D eigenvalue weighted by Crippen LogP contribution is -2.19. The molecule has 0 unspecified atom stereocenters. The lowest BCUT2D eigenvalue weighted by Gasteiger charge is -2.09. The van der Waals surface area contributed by atoms with Gasteiger partial charge in [-0.3, -0.25) is 4.79 Å². The summed E-state index contributed by atoms with van der Waals surface area (Å²) in [4.78, 5) is 22.9. The van der Waals surface area contributed by atoms with Gasteiger partial charge in [0.05, 0.1) is 6.61 Å². The van der Waals surface area contributed by atoms with Crippen LogP contribution in [-0.4, -0.2) is 18.6 Å². The minimum Gasteiger partial charge on any atom is -0.494 e. The van der Waals surface area contributed by atoms with Crippen molar-refractivity contribution >= 4 is 23.4 Å². The van der Waals surface area contributed by atoms with Crippen LogP contribution >= 0.6 is 0 Å². The van der Waals surface area contributed by atoms with E-state index in [-0.39, 0.29) is 0 Å². The van der Waals surface area contributed by atoms with E-state index < -0.39 is 12.0 Å². The number of carbonyl (C=O) groups is 2. The lowest BCUT2D eigenvalue weighted by molar-refractivity contribution is -0.131. The summed E-state index contributed by atoms with van der Waals surface area (Å²) in [6, 6.07) is 13.3. The van der Waals surface area contributed by atoms with E-state index in [2.05, 4.69) is 10.6 Å². The Labute approximate surface area is 134 Å². The molecule has 0 saturated carbocycles. The molecule has 0 radical (unpaired) electrons. The Balaban J connectivity index is 1.95. The number of carbonyl (C=O) groups excluding carboxylic acids is 2. The molecule has 2 aromatic rings. The van der Waals surface area contributed by atoms with Gasteiger partial charge in [0.2, 0.25) is 0 Å². The number of hydrogen-bond acceptors (Lipinski definition) is 4. The molecule has 0 saturated heterocycles. The number of benzene rings is 2. The van der Waals surface area contributed by atoms with Crippen LogP contribution in [0.2, 0.25) is 0 Å². The summed E-state index contributed by atoms with van der Waals surface area (Å²) < 4.78 is 10.3. The Bertz CT molecular complexity index is 683. The normalized spacial score (nSPS) is 9.83. The molecule has 0 atom stereocenters. The first-order chi connectivity index (χ1) is 11.1. The van der Waals surface area contributed by atoms with Gasteiger partial charge < -0.3 is 20.1 Å². The summed E-state index contributed by atoms with van der Waals surface area (Å²) in [5.74, 6) is 0.699. The maximum Gasteiger partial charge on any atom is 0.323 e. The molecule has 2 rings (SSSR count). The number of hydrogen-bond donors (Lipinski definition) is 2. The highest BCUT2D eigenvalue weighted by atomic mass is 16.5. The Morgan fingerprint density at radius 2 is 1.65 bits per heavy atom. The summed E-state index contributed by atoms with van der Waals surface area (Å²) in [7, 11) is 0. The number of ether oxygens (including phenoxy) is 2. The zero-order chi connectivity index (χ0) is 16.7. The largest absolute Gasteiger partial charge is 0.494 e. The van der Waals surface area contributed by atoms with Crippen LogP contribution in [0.25, 0.3) is 0 Å². The third kappa shape index (κ3) is 5.35. The van der Waals surface area contributed by atoms with Crippen molar-refractivity contribution in [1.82, 2.24) is 0 Å². The molecule has 0 spiro atoms. The van der Waals surface area contributed by atoms with Gasteiger partial charge in [-0.2, -0.15) is 0 Å². The van der Waals surface area contributed by atoms with Crippen molar-refractivity contribution in [2.75, 3.05) is 17.2 Å². The highest BCUT2D eigenvalue weighted by Gasteiger charge is 2.05. The van der Waals surface area contributed by atoms with Gasteiger partial charge in [0.25, 0.3) is 0 Å². The van der Waals surface area contributed by atoms with Gasteiger partial charge in [0.1, 0.15) is 11.5 Å². The van der Waals surface area contributed by atoms with Crippen LogP contribution in [0, 0.1) is 0 Å². The van der Waals surface area contributed by atoms with Crippen molar-refractivity contribution in [3.63, 3.8) is 0 Å². The molecule has 0 aromatic heterocycles. The second-order valence-electron chi connectivity index (χ2n) is 4.66. The van der Waals surface area contributed by atoms with Crippen LogP contribution in [0.3, 0.4) is 0 Å². The van der Waals surface area contributed by atoms with E-state index >= 15 is 0 Å². The number of nitrogens with one attached hydrogen (secondary N) is 2. The van der Waals surface area contributed by atoms with Gasteiger partial charge in [0.15, 0.2) is 0 Å². The molecule has 0 aliphatic heterocycles. The van der Waals surface area contributed by atoms with E-state index in [9.17, 15) is 9.59 Å². The predicted octanol–water partition coefficient (Wildman–Crippen LogP) is 3.65. The average Bonchev–Trinajstić information content (AvgIpc) is 2.49. The van der Waals surface area contributed by atoms with E-state index in [0.717, 1.165) is 5.75 Å². The number of urea groups is 1. The lowest BCUT2D eigenvalue weighted by atomic mass is 10.3. The summed E-state index contributed by atoms with van der Waals surface area (Å²) in [5, 5.41) is 5.38. The molecule has 6 nitrogen and oxygen atoms in total. The maximum absolute atomic E-state index is 12.0. The molecule has 120 valence electrons. The average molecular weight is 314 g/mol. The molecular formula is C17H18N2O4. The third-order valence-corrected chi connectivity index (χ3v) is 2.78. The molecule has 0 bridgehead atoms. The zero-order valence-corrected chi connectivity index (χ0v) is 13.0. The molecule has 6 heteroatoms. The van der Waals surface area contributed by atoms with Crippen LogP contribution in [-0.2, 0) is 4.79 Å². The fourth-order valence-electron chi connectivity index (χ4n) is 1.90. The van der Waals surface area contributed by atoms with Crippen LogP contribution in [0.4, 0.5) is 16.2 Å². The van der Waals surface area contributed by atoms with Crippen LogP contribution in [0.1, 0.15) is 13.8 Å². The van der Waals surface area contributed by atoms with Gasteiger partial charge >= 0.3 is 12.0 Å². The molecule has 23 heavy (non-hydrogen) atoms. The molecule has 2 N–H and O–H groups in total. The molecule has 0 heterocycles. The maximum atomic E-state index is 12.0. The Morgan fingerprint density at radius 3 is 2.30 bits per heavy atom. The molecule has 0 aliphatic carbocycles. The highest BCUT2D eigenvalue weighted by Crippen LogP contribution is 2.19. The van der Waals surface area contributed by atoms with E-state index in [1.165, 1.54) is 6.92 Å². The first-order valence-electron chi connectivity index (χ1n) is 7.16. The minimum absolute atomic E-state index is 0.372. The van der Waals surface area contributed by atoms with Crippen molar-refractivity contribution in [3.05, 3.63) is 48.5 Å². The second-order valence-corrected chi connectivity index (χ2v) is 4.66. The Morgan fingerprint density at radius 1 is 0.957 bits per heavy atom. The monoisotopic (exact) mass is 314 g/mol. The van der Waals surface area contributed by atoms with Crippen LogP contribution < -0.4 is 20.1 Å². The fourth-order valence-corrected chi connectivity index (χ4v) is 1.90. The second kappa shape index (κ2) is 7.84. The van der Waals surface area contributed by atoms with E-state index in [1.54, 1.807) is 48.5 Å². The smallest absolute Gasteiger partial charge is 0.323 e. The minimum atomic E-state index is -0.416. The molecular weight excluding hydrogens is 296 g/mol. The number of anilines is 2. The highest BCUT2D eigenvalue weighted by molar-refractivity contribution is 5.99. The van der Waals surface area contributed by atoms with Crippen LogP contribution in [0.5, 0.6) is 11.5 Å². The van der Waals surface area contributed by atoms with Crippen molar-refractivity contribution in [2.45, 2.75) is 13.8 Å². The van der Waals surface area contributed by atoms with Gasteiger partial charge in [-0.25, -0.2) is 4.79 Å². The first kappa shape index (κ1) is 16.4. The third-order valence-electron chi connectivity index (χ3n) is 2.78. The summed E-state index contributed by atoms with van der Waals surface area (Å²) in [6.45, 7) is 3.81. The number of esters is 1. The zero-order valence-electron chi connectivity index (χ0n) is 13.0. The standard InChI is InChI=1S/C17H18N2O4/c1-3-22-15-9-7-13(8-10-15)18-17(21)19-14-5-4-6-16(11-14)23-12(2)20/h4-11H,3H2,1-2H3,(H2,18,19,21). The summed E-state index contributed by atoms with van der Waals surface area (Å²) in [5.41, 5.74) is 1.16. The Hall–Kier alpha value is -3.02. The molecule has 2 aromatic carbocycles. The fraction of sp³-hybridized carbons (Fsp3) is 0.176. The van der Waals surface area contributed by atoms with E-state index in [1.807, 2.05) is 6.92 Å². The quantitative estimate of drug-likeness (QED) is 0.652. The number of rotatable bonds is 5. The molecule has 0 fully saturated rings. The van der Waals surface area contributed by atoms with Crippen LogP contribution in [0.15, 0.2) is 48.5 Å². The van der Waals surface area contributed by atoms with Gasteiger partial charge in [-0.05, 0) is 43.3 Å². The van der Waals surface area contributed by atoms with E-state index in [4.69, 9.17) is 9.47 Å². The van der Waals surface area contributed by atoms with Crippen molar-refractivity contribution in [1.29, 1.82) is 0 Å². The molecule has 2 amide bonds. The van der Waals surface area contributed by atoms with Crippen molar-refractivity contribution in [2.24, 2.45) is 0 Å². The number of amides is 2.